The molecule has 0 aromatic heterocycles. The molecule has 1 aromatic carbocycles. The van der Waals surface area contributed by atoms with Crippen molar-refractivity contribution in [3.8, 4) is 0 Å². The molecular formula is C16H21FN2O2S. The molecule has 0 bridgehead atoms. The van der Waals surface area contributed by atoms with Gasteiger partial charge in [-0.15, -0.1) is 11.8 Å². The first-order valence-electron chi connectivity index (χ1n) is 7.69. The number of amides is 2. The molecule has 4 nitrogen and oxygen atoms in total. The van der Waals surface area contributed by atoms with Crippen molar-refractivity contribution in [1.82, 2.24) is 10.2 Å². The topological polar surface area (TPSA) is 41.6 Å². The Morgan fingerprint density at radius 2 is 2.36 bits per heavy atom. The van der Waals surface area contributed by atoms with E-state index in [0.717, 1.165) is 37.2 Å². The summed E-state index contributed by atoms with van der Waals surface area (Å²) in [5, 5.41) is 3.03. The van der Waals surface area contributed by atoms with E-state index in [1.807, 2.05) is 6.07 Å². The fourth-order valence-corrected chi connectivity index (χ4v) is 4.11. The van der Waals surface area contributed by atoms with Gasteiger partial charge in [-0.2, -0.15) is 0 Å². The normalized spacial score (nSPS) is 23.9. The highest BCUT2D eigenvalue weighted by Crippen LogP contribution is 2.37. The monoisotopic (exact) mass is 324 g/mol. The number of fused-ring (bicyclic) bond motifs is 1. The fraction of sp³-hybridized carbons (Fsp3) is 0.562. The van der Waals surface area contributed by atoms with E-state index in [4.69, 9.17) is 4.74 Å². The van der Waals surface area contributed by atoms with Gasteiger partial charge in [-0.3, -0.25) is 0 Å². The van der Waals surface area contributed by atoms with Gasteiger partial charge in [0.05, 0.1) is 12.1 Å². The van der Waals surface area contributed by atoms with Crippen LogP contribution in [0.5, 0.6) is 0 Å². The lowest BCUT2D eigenvalue weighted by Crippen LogP contribution is -2.43. The van der Waals surface area contributed by atoms with Crippen LogP contribution in [0.4, 0.5) is 9.18 Å². The van der Waals surface area contributed by atoms with Crippen LogP contribution in [0.2, 0.25) is 0 Å². The highest BCUT2D eigenvalue weighted by Gasteiger charge is 2.26. The van der Waals surface area contributed by atoms with Crippen molar-refractivity contribution in [3.63, 3.8) is 0 Å². The summed E-state index contributed by atoms with van der Waals surface area (Å²) in [7, 11) is 1.78. The second-order valence-corrected chi connectivity index (χ2v) is 6.92. The second-order valence-electron chi connectivity index (χ2n) is 5.81. The first-order valence-corrected chi connectivity index (χ1v) is 8.68. The molecule has 1 N–H and O–H groups in total. The standard InChI is InChI=1S/C16H21FN2O2S/c1-19(10-11-4-3-8-21-11)16(20)18-14-7-9-22-15-12(14)5-2-6-13(15)17/h2,5-6,11,14H,3-4,7-10H2,1H3,(H,18,20). The van der Waals surface area contributed by atoms with Gasteiger partial charge in [0.1, 0.15) is 5.82 Å². The highest BCUT2D eigenvalue weighted by molar-refractivity contribution is 7.99. The predicted octanol–water partition coefficient (Wildman–Crippen LogP) is 3.18. The Morgan fingerprint density at radius 1 is 1.50 bits per heavy atom. The van der Waals surface area contributed by atoms with E-state index >= 15 is 0 Å². The maximum Gasteiger partial charge on any atom is 0.317 e. The summed E-state index contributed by atoms with van der Waals surface area (Å²) in [5.41, 5.74) is 0.884. The van der Waals surface area contributed by atoms with Crippen LogP contribution in [0, 0.1) is 5.82 Å². The summed E-state index contributed by atoms with van der Waals surface area (Å²) in [4.78, 5) is 14.7. The number of thioether (sulfide) groups is 1. The van der Waals surface area contributed by atoms with Crippen molar-refractivity contribution in [2.24, 2.45) is 0 Å². The molecule has 6 heteroatoms. The molecule has 120 valence electrons. The third-order valence-electron chi connectivity index (χ3n) is 4.17. The molecule has 3 rings (SSSR count). The molecule has 2 heterocycles. The van der Waals surface area contributed by atoms with E-state index in [2.05, 4.69) is 5.32 Å². The Kier molecular flexibility index (Phi) is 4.88. The first kappa shape index (κ1) is 15.6. The Balaban J connectivity index is 1.63. The number of hydrogen-bond acceptors (Lipinski definition) is 3. The number of rotatable bonds is 3. The average molecular weight is 324 g/mol. The lowest BCUT2D eigenvalue weighted by molar-refractivity contribution is 0.0869. The van der Waals surface area contributed by atoms with Gasteiger partial charge in [0.2, 0.25) is 0 Å². The van der Waals surface area contributed by atoms with E-state index in [1.54, 1.807) is 18.0 Å². The molecule has 2 unspecified atom stereocenters. The number of benzene rings is 1. The van der Waals surface area contributed by atoms with Crippen LogP contribution in [0.15, 0.2) is 23.1 Å². The number of nitrogens with one attached hydrogen (secondary N) is 1. The number of ether oxygens (including phenoxy) is 1. The van der Waals surface area contributed by atoms with E-state index < -0.39 is 0 Å². The lowest BCUT2D eigenvalue weighted by Gasteiger charge is -2.29. The molecule has 0 saturated carbocycles. The molecule has 22 heavy (non-hydrogen) atoms. The van der Waals surface area contributed by atoms with Crippen molar-refractivity contribution >= 4 is 17.8 Å². The zero-order valence-electron chi connectivity index (χ0n) is 12.7. The minimum absolute atomic E-state index is 0.119. The van der Waals surface area contributed by atoms with Crippen molar-refractivity contribution in [3.05, 3.63) is 29.6 Å². The van der Waals surface area contributed by atoms with Gasteiger partial charge in [0, 0.05) is 30.8 Å². The van der Waals surface area contributed by atoms with Gasteiger partial charge in [-0.05, 0) is 30.9 Å². The highest BCUT2D eigenvalue weighted by atomic mass is 32.2. The Hall–Kier alpha value is -1.27. The average Bonchev–Trinajstić information content (AvgIpc) is 3.01. The Bertz CT molecular complexity index is 549. The number of hydrogen-bond donors (Lipinski definition) is 1. The number of halogens is 1. The van der Waals surface area contributed by atoms with Gasteiger partial charge in [0.25, 0.3) is 0 Å². The smallest absolute Gasteiger partial charge is 0.317 e. The summed E-state index contributed by atoms with van der Waals surface area (Å²) < 4.78 is 19.4. The largest absolute Gasteiger partial charge is 0.376 e. The molecule has 1 aromatic rings. The van der Waals surface area contributed by atoms with Crippen molar-refractivity contribution < 1.29 is 13.9 Å². The summed E-state index contributed by atoms with van der Waals surface area (Å²) in [6.07, 6.45) is 3.03. The zero-order valence-corrected chi connectivity index (χ0v) is 13.5. The lowest BCUT2D eigenvalue weighted by atomic mass is 10.0. The van der Waals surface area contributed by atoms with Crippen LogP contribution in [0.3, 0.4) is 0 Å². The molecule has 1 fully saturated rings. The van der Waals surface area contributed by atoms with Crippen LogP contribution in [-0.4, -0.2) is 43.0 Å². The third-order valence-corrected chi connectivity index (χ3v) is 5.33. The number of nitrogens with zero attached hydrogens (tertiary/aromatic N) is 1. The van der Waals surface area contributed by atoms with Crippen LogP contribution in [0.1, 0.15) is 30.9 Å². The van der Waals surface area contributed by atoms with Gasteiger partial charge >= 0.3 is 6.03 Å². The van der Waals surface area contributed by atoms with Crippen LogP contribution >= 0.6 is 11.8 Å². The maximum absolute atomic E-state index is 13.9. The Labute approximate surface area is 134 Å². The van der Waals surface area contributed by atoms with Gasteiger partial charge in [0.15, 0.2) is 0 Å². The molecule has 2 atom stereocenters. The van der Waals surface area contributed by atoms with E-state index in [9.17, 15) is 9.18 Å². The van der Waals surface area contributed by atoms with E-state index in [0.29, 0.717) is 11.4 Å². The molecule has 0 radical (unpaired) electrons. The molecular weight excluding hydrogens is 303 g/mol. The Morgan fingerprint density at radius 3 is 3.14 bits per heavy atom. The zero-order chi connectivity index (χ0) is 15.5. The van der Waals surface area contributed by atoms with Crippen LogP contribution in [-0.2, 0) is 4.74 Å². The SMILES string of the molecule is CN(CC1CCCO1)C(=O)NC1CCSc2c(F)cccc21. The summed E-state index contributed by atoms with van der Waals surface area (Å²) in [6, 6.07) is 4.83. The summed E-state index contributed by atoms with van der Waals surface area (Å²) >= 11 is 1.52. The van der Waals surface area contributed by atoms with Gasteiger partial charge < -0.3 is 15.0 Å². The molecule has 2 amide bonds. The number of carbonyl (C=O) groups is 1. The number of carbonyl (C=O) groups excluding carboxylic acids is 1. The van der Waals surface area contributed by atoms with E-state index in [-0.39, 0.29) is 24.0 Å². The van der Waals surface area contributed by atoms with Crippen molar-refractivity contribution in [1.29, 1.82) is 0 Å². The van der Waals surface area contributed by atoms with Crippen LogP contribution < -0.4 is 5.32 Å². The second kappa shape index (κ2) is 6.87. The number of urea groups is 1. The van der Waals surface area contributed by atoms with Crippen LogP contribution in [0.25, 0.3) is 0 Å². The van der Waals surface area contributed by atoms with Gasteiger partial charge in [-0.1, -0.05) is 12.1 Å². The third kappa shape index (κ3) is 3.38. The minimum atomic E-state index is -0.200. The molecule has 1 saturated heterocycles. The predicted molar refractivity (Wildman–Crippen MR) is 84.6 cm³/mol. The quantitative estimate of drug-likeness (QED) is 0.928. The van der Waals surface area contributed by atoms with Crippen molar-refractivity contribution in [2.75, 3.05) is 26.0 Å². The molecule has 0 spiro atoms. The molecule has 2 aliphatic heterocycles. The fourth-order valence-electron chi connectivity index (χ4n) is 2.97. The minimum Gasteiger partial charge on any atom is -0.376 e. The van der Waals surface area contributed by atoms with Gasteiger partial charge in [-0.25, -0.2) is 9.18 Å². The number of likely N-dealkylation sites (N-methyl/N-ethyl adjacent to an activating group) is 1. The summed E-state index contributed by atoms with van der Waals surface area (Å²) in [6.45, 7) is 1.38. The molecule has 2 aliphatic rings. The first-order chi connectivity index (χ1) is 10.6. The van der Waals surface area contributed by atoms with E-state index in [1.165, 1.54) is 17.8 Å². The molecule has 0 aliphatic carbocycles. The van der Waals surface area contributed by atoms with Crippen molar-refractivity contribution in [2.45, 2.75) is 36.3 Å². The summed E-state index contributed by atoms with van der Waals surface area (Å²) in [5.74, 6) is 0.614. The maximum atomic E-state index is 13.9.